The van der Waals surface area contributed by atoms with E-state index in [-0.39, 0.29) is 5.69 Å². The Morgan fingerprint density at radius 3 is 2.50 bits per heavy atom. The molecule has 0 atom stereocenters. The Kier molecular flexibility index (Phi) is 5.68. The van der Waals surface area contributed by atoms with Crippen LogP contribution < -0.4 is 20.5 Å². The molecule has 0 aliphatic heterocycles. The maximum absolute atomic E-state index is 11.4. The van der Waals surface area contributed by atoms with Gasteiger partial charge in [0.2, 0.25) is 0 Å². The summed E-state index contributed by atoms with van der Waals surface area (Å²) in [5, 5.41) is 3.82. The predicted octanol–water partition coefficient (Wildman–Crippen LogP) is 5.02. The number of hydrogen-bond acceptors (Lipinski definition) is 4. The van der Waals surface area contributed by atoms with Crippen LogP contribution in [0.2, 0.25) is 5.02 Å². The first-order chi connectivity index (χ1) is 14.5. The number of aryl methyl sites for hydroxylation is 1. The number of hydrogen-bond donors (Lipinski definition) is 3. The summed E-state index contributed by atoms with van der Waals surface area (Å²) < 4.78 is 11.4. The lowest BCUT2D eigenvalue weighted by Gasteiger charge is -2.15. The molecule has 0 amide bonds. The number of anilines is 1. The van der Waals surface area contributed by atoms with Crippen molar-refractivity contribution in [3.63, 3.8) is 0 Å². The molecule has 0 aliphatic rings. The fraction of sp³-hybridized carbons (Fsp3) is 0.174. The van der Waals surface area contributed by atoms with E-state index in [0.717, 1.165) is 27.8 Å². The number of rotatable bonds is 7. The van der Waals surface area contributed by atoms with Crippen molar-refractivity contribution in [2.24, 2.45) is 0 Å². The van der Waals surface area contributed by atoms with Gasteiger partial charge in [-0.2, -0.15) is 0 Å². The fourth-order valence-corrected chi connectivity index (χ4v) is 3.49. The minimum absolute atomic E-state index is 0.222. The molecule has 0 unspecified atom stereocenters. The molecular weight excluding hydrogens is 402 g/mol. The molecule has 4 rings (SSSR count). The van der Waals surface area contributed by atoms with Gasteiger partial charge in [0.15, 0.2) is 11.5 Å². The molecule has 4 aromatic rings. The van der Waals surface area contributed by atoms with E-state index in [1.54, 1.807) is 7.11 Å². The predicted molar refractivity (Wildman–Crippen MR) is 120 cm³/mol. The second kappa shape index (κ2) is 8.55. The lowest BCUT2D eigenvalue weighted by molar-refractivity contribution is 0.284. The highest BCUT2D eigenvalue weighted by atomic mass is 35.5. The number of benzene rings is 3. The second-order valence-electron chi connectivity index (χ2n) is 7.08. The zero-order chi connectivity index (χ0) is 21.1. The molecule has 154 valence electrons. The number of halogens is 1. The summed E-state index contributed by atoms with van der Waals surface area (Å²) in [6.45, 7) is 2.99. The highest BCUT2D eigenvalue weighted by molar-refractivity contribution is 6.32. The third kappa shape index (κ3) is 4.44. The topological polar surface area (TPSA) is 79.1 Å². The molecule has 30 heavy (non-hydrogen) atoms. The van der Waals surface area contributed by atoms with E-state index in [1.807, 2.05) is 61.5 Å². The van der Waals surface area contributed by atoms with Crippen molar-refractivity contribution in [1.82, 2.24) is 9.97 Å². The summed E-state index contributed by atoms with van der Waals surface area (Å²) in [4.78, 5) is 16.9. The van der Waals surface area contributed by atoms with Gasteiger partial charge in [0.05, 0.1) is 23.2 Å². The molecule has 0 saturated carbocycles. The van der Waals surface area contributed by atoms with Crippen molar-refractivity contribution in [2.75, 3.05) is 12.4 Å². The van der Waals surface area contributed by atoms with E-state index >= 15 is 0 Å². The molecule has 0 spiro atoms. The van der Waals surface area contributed by atoms with Crippen molar-refractivity contribution in [3.05, 3.63) is 86.8 Å². The largest absolute Gasteiger partial charge is 0.493 e. The molecule has 1 heterocycles. The van der Waals surface area contributed by atoms with E-state index in [0.29, 0.717) is 29.7 Å². The quantitative estimate of drug-likeness (QED) is 0.390. The third-order valence-corrected chi connectivity index (χ3v) is 5.09. The van der Waals surface area contributed by atoms with Crippen LogP contribution in [0.3, 0.4) is 0 Å². The van der Waals surface area contributed by atoms with E-state index in [4.69, 9.17) is 21.1 Å². The zero-order valence-electron chi connectivity index (χ0n) is 16.7. The first-order valence-electron chi connectivity index (χ1n) is 9.52. The maximum Gasteiger partial charge on any atom is 0.323 e. The molecular formula is C23H22ClN3O3. The number of methoxy groups -OCH3 is 1. The maximum atomic E-state index is 11.4. The van der Waals surface area contributed by atoms with Crippen LogP contribution in [0.1, 0.15) is 16.7 Å². The number of fused-ring (bicyclic) bond motifs is 1. The van der Waals surface area contributed by atoms with Gasteiger partial charge in [-0.25, -0.2) is 4.79 Å². The number of ether oxygens (including phenoxy) is 2. The highest BCUT2D eigenvalue weighted by Crippen LogP contribution is 2.37. The van der Waals surface area contributed by atoms with Crippen LogP contribution >= 0.6 is 11.6 Å². The Hall–Kier alpha value is -3.38. The Balaban J connectivity index is 1.47. The van der Waals surface area contributed by atoms with Gasteiger partial charge < -0.3 is 24.8 Å². The van der Waals surface area contributed by atoms with Crippen molar-refractivity contribution in [1.29, 1.82) is 0 Å². The minimum atomic E-state index is -0.222. The van der Waals surface area contributed by atoms with Crippen molar-refractivity contribution in [2.45, 2.75) is 20.1 Å². The molecule has 0 fully saturated rings. The monoisotopic (exact) mass is 423 g/mol. The second-order valence-corrected chi connectivity index (χ2v) is 7.48. The normalized spacial score (nSPS) is 10.9. The van der Waals surface area contributed by atoms with Gasteiger partial charge in [-0.15, -0.1) is 0 Å². The fourth-order valence-electron chi connectivity index (χ4n) is 3.20. The van der Waals surface area contributed by atoms with Gasteiger partial charge in [-0.1, -0.05) is 41.4 Å². The number of aromatic nitrogens is 2. The Labute approximate surface area is 178 Å². The van der Waals surface area contributed by atoms with Crippen LogP contribution in [-0.2, 0) is 13.2 Å². The van der Waals surface area contributed by atoms with Gasteiger partial charge in [-0.05, 0) is 48.4 Å². The lowest BCUT2D eigenvalue weighted by Crippen LogP contribution is -2.03. The van der Waals surface area contributed by atoms with E-state index < -0.39 is 0 Å². The third-order valence-electron chi connectivity index (χ3n) is 4.81. The molecule has 3 N–H and O–H groups in total. The van der Waals surface area contributed by atoms with Crippen LogP contribution in [0.25, 0.3) is 11.0 Å². The summed E-state index contributed by atoms with van der Waals surface area (Å²) in [6, 6.07) is 17.6. The van der Waals surface area contributed by atoms with E-state index in [1.165, 1.54) is 5.56 Å². The van der Waals surface area contributed by atoms with Crippen LogP contribution in [0.15, 0.2) is 59.4 Å². The van der Waals surface area contributed by atoms with Gasteiger partial charge in [-0.3, -0.25) is 0 Å². The molecule has 7 heteroatoms. The molecule has 0 aliphatic carbocycles. The number of nitrogens with one attached hydrogen (secondary N) is 3. The summed E-state index contributed by atoms with van der Waals surface area (Å²) in [5.74, 6) is 1.10. The lowest BCUT2D eigenvalue weighted by atomic mass is 10.1. The highest BCUT2D eigenvalue weighted by Gasteiger charge is 2.13. The summed E-state index contributed by atoms with van der Waals surface area (Å²) in [6.07, 6.45) is 0. The summed E-state index contributed by atoms with van der Waals surface area (Å²) in [5.41, 5.74) is 5.39. The van der Waals surface area contributed by atoms with Gasteiger partial charge >= 0.3 is 5.69 Å². The average molecular weight is 424 g/mol. The Bertz CT molecular complexity index is 1230. The average Bonchev–Trinajstić information content (AvgIpc) is 3.11. The van der Waals surface area contributed by atoms with Crippen molar-refractivity contribution >= 4 is 28.3 Å². The summed E-state index contributed by atoms with van der Waals surface area (Å²) in [7, 11) is 1.60. The minimum Gasteiger partial charge on any atom is -0.493 e. The van der Waals surface area contributed by atoms with Crippen LogP contribution in [-0.4, -0.2) is 17.1 Å². The van der Waals surface area contributed by atoms with Gasteiger partial charge in [0.1, 0.15) is 6.61 Å². The van der Waals surface area contributed by atoms with Crippen LogP contribution in [0, 0.1) is 6.92 Å². The standard InChI is InChI=1S/C23H22ClN3O3/c1-14-3-5-15(6-4-14)13-30-22-18(24)9-16(10-21(22)29-2)12-25-17-7-8-19-20(11-17)27-23(28)26-19/h3-11,25H,12-13H2,1-2H3,(H2,26,27,28). The van der Waals surface area contributed by atoms with Crippen molar-refractivity contribution in [3.8, 4) is 11.5 Å². The number of imidazole rings is 1. The summed E-state index contributed by atoms with van der Waals surface area (Å²) >= 11 is 6.49. The van der Waals surface area contributed by atoms with Crippen LogP contribution in [0.4, 0.5) is 5.69 Å². The Morgan fingerprint density at radius 2 is 1.73 bits per heavy atom. The zero-order valence-corrected chi connectivity index (χ0v) is 17.5. The van der Waals surface area contributed by atoms with E-state index in [2.05, 4.69) is 15.3 Å². The molecule has 0 bridgehead atoms. The molecule has 3 aromatic carbocycles. The van der Waals surface area contributed by atoms with Crippen LogP contribution in [0.5, 0.6) is 11.5 Å². The van der Waals surface area contributed by atoms with Crippen molar-refractivity contribution < 1.29 is 9.47 Å². The number of H-pyrrole nitrogens is 2. The molecule has 6 nitrogen and oxygen atoms in total. The SMILES string of the molecule is COc1cc(CNc2ccc3[nH]c(=O)[nH]c3c2)cc(Cl)c1OCc1ccc(C)cc1. The number of aromatic amines is 2. The Morgan fingerprint density at radius 1 is 0.967 bits per heavy atom. The van der Waals surface area contributed by atoms with Gasteiger partial charge in [0.25, 0.3) is 0 Å². The molecule has 0 saturated heterocycles. The van der Waals surface area contributed by atoms with Gasteiger partial charge in [0, 0.05) is 12.2 Å². The first kappa shape index (κ1) is 19.9. The van der Waals surface area contributed by atoms with E-state index in [9.17, 15) is 4.79 Å². The molecule has 0 radical (unpaired) electrons. The molecule has 1 aromatic heterocycles. The smallest absolute Gasteiger partial charge is 0.323 e. The first-order valence-corrected chi connectivity index (χ1v) is 9.90.